The van der Waals surface area contributed by atoms with Crippen molar-refractivity contribution < 1.29 is 4.79 Å². The van der Waals surface area contributed by atoms with Gasteiger partial charge in [-0.05, 0) is 36.2 Å². The van der Waals surface area contributed by atoms with Gasteiger partial charge in [0.05, 0.1) is 5.75 Å². The molecule has 7 heteroatoms. The van der Waals surface area contributed by atoms with Crippen molar-refractivity contribution in [3.63, 3.8) is 0 Å². The Morgan fingerprint density at radius 3 is 2.63 bits per heavy atom. The van der Waals surface area contributed by atoms with Gasteiger partial charge >= 0.3 is 0 Å². The summed E-state index contributed by atoms with van der Waals surface area (Å²) in [5.41, 5.74) is 4.70. The minimum absolute atomic E-state index is 0.0334. The Kier molecular flexibility index (Phi) is 4.53. The van der Waals surface area contributed by atoms with Crippen LogP contribution in [0.4, 0.5) is 0 Å². The van der Waals surface area contributed by atoms with Crippen LogP contribution < -0.4 is 0 Å². The second-order valence-electron chi connectivity index (χ2n) is 6.50. The van der Waals surface area contributed by atoms with Crippen LogP contribution in [0.15, 0.2) is 53.7 Å². The fourth-order valence-corrected chi connectivity index (χ4v) is 3.87. The van der Waals surface area contributed by atoms with Gasteiger partial charge in [0.25, 0.3) is 0 Å². The highest BCUT2D eigenvalue weighted by molar-refractivity contribution is 7.99. The Morgan fingerprint density at radius 2 is 1.89 bits per heavy atom. The number of carbonyl (C=O) groups excluding carboxylic acids is 1. The summed E-state index contributed by atoms with van der Waals surface area (Å²) < 4.78 is 1.93. The largest absolute Gasteiger partial charge is 0.348 e. The van der Waals surface area contributed by atoms with Gasteiger partial charge in [-0.1, -0.05) is 42.1 Å². The number of aromatic nitrogens is 4. The first kappa shape index (κ1) is 17.5. The van der Waals surface area contributed by atoms with Crippen LogP contribution >= 0.6 is 11.8 Å². The van der Waals surface area contributed by atoms with E-state index in [0.29, 0.717) is 10.9 Å². The third kappa shape index (κ3) is 3.26. The third-order valence-corrected chi connectivity index (χ3v) is 5.26. The number of hydrogen-bond acceptors (Lipinski definition) is 5. The van der Waals surface area contributed by atoms with Crippen molar-refractivity contribution in [2.24, 2.45) is 0 Å². The summed E-state index contributed by atoms with van der Waals surface area (Å²) in [6.45, 7) is 1.98. The zero-order valence-corrected chi connectivity index (χ0v) is 16.2. The maximum absolute atomic E-state index is 12.0. The van der Waals surface area contributed by atoms with Crippen molar-refractivity contribution in [2.75, 3.05) is 19.8 Å². The number of amides is 1. The van der Waals surface area contributed by atoms with Crippen LogP contribution in [0.2, 0.25) is 0 Å². The first-order chi connectivity index (χ1) is 13.0. The van der Waals surface area contributed by atoms with Crippen molar-refractivity contribution in [3.8, 4) is 11.1 Å². The lowest BCUT2D eigenvalue weighted by atomic mass is 10.0. The fraction of sp³-hybridized carbons (Fsp3) is 0.200. The maximum atomic E-state index is 12.0. The number of fused-ring (bicyclic) bond motifs is 3. The Morgan fingerprint density at radius 1 is 1.11 bits per heavy atom. The molecular weight excluding hydrogens is 358 g/mol. The molecule has 4 aromatic rings. The molecular formula is C20H19N5OS. The van der Waals surface area contributed by atoms with E-state index in [0.717, 1.165) is 33.5 Å². The molecule has 0 unspecified atom stereocenters. The van der Waals surface area contributed by atoms with Crippen LogP contribution in [0.3, 0.4) is 0 Å². The number of hydrogen-bond donors (Lipinski definition) is 0. The SMILES string of the molecule is Cc1cc(-c2ccccc2)c2ccc3nnc(SCC(=O)N(C)C)n3c2n1. The van der Waals surface area contributed by atoms with Crippen molar-refractivity contribution in [2.45, 2.75) is 12.1 Å². The second-order valence-corrected chi connectivity index (χ2v) is 7.44. The molecule has 27 heavy (non-hydrogen) atoms. The van der Waals surface area contributed by atoms with Crippen molar-refractivity contribution in [3.05, 3.63) is 54.2 Å². The molecule has 0 bridgehead atoms. The standard InChI is InChI=1S/C20H19N5OS/c1-13-11-16(14-7-5-4-6-8-14)15-9-10-17-22-23-20(25(17)19(15)21-13)27-12-18(26)24(2)3/h4-11H,12H2,1-3H3. The van der Waals surface area contributed by atoms with E-state index in [2.05, 4.69) is 28.4 Å². The Labute approximate surface area is 161 Å². The minimum atomic E-state index is 0.0334. The van der Waals surface area contributed by atoms with Gasteiger partial charge in [-0.15, -0.1) is 10.2 Å². The van der Waals surface area contributed by atoms with Gasteiger partial charge < -0.3 is 4.90 Å². The van der Waals surface area contributed by atoms with Crippen molar-refractivity contribution >= 4 is 34.3 Å². The molecule has 0 fully saturated rings. The number of carbonyl (C=O) groups is 1. The zero-order valence-electron chi connectivity index (χ0n) is 15.4. The number of nitrogens with zero attached hydrogens (tertiary/aromatic N) is 5. The average molecular weight is 377 g/mol. The summed E-state index contributed by atoms with van der Waals surface area (Å²) in [5, 5.41) is 10.2. The van der Waals surface area contributed by atoms with Crippen LogP contribution in [0, 0.1) is 6.92 Å². The first-order valence-corrected chi connectivity index (χ1v) is 9.57. The Balaban J connectivity index is 1.89. The van der Waals surface area contributed by atoms with Crippen molar-refractivity contribution in [1.29, 1.82) is 0 Å². The van der Waals surface area contributed by atoms with E-state index < -0.39 is 0 Å². The summed E-state index contributed by atoms with van der Waals surface area (Å²) in [5.74, 6) is 0.341. The van der Waals surface area contributed by atoms with E-state index in [4.69, 9.17) is 4.98 Å². The van der Waals surface area contributed by atoms with E-state index >= 15 is 0 Å². The summed E-state index contributed by atoms with van der Waals surface area (Å²) in [4.78, 5) is 18.3. The molecule has 0 radical (unpaired) electrons. The third-order valence-electron chi connectivity index (χ3n) is 4.34. The molecule has 0 atom stereocenters. The van der Waals surface area contributed by atoms with Gasteiger partial charge in [-0.25, -0.2) is 4.98 Å². The number of rotatable bonds is 4. The predicted octanol–water partition coefficient (Wildman–Crippen LogP) is 3.43. The molecule has 3 heterocycles. The molecule has 3 aromatic heterocycles. The molecule has 0 aliphatic rings. The summed E-state index contributed by atoms with van der Waals surface area (Å²) >= 11 is 1.37. The van der Waals surface area contributed by atoms with Crippen LogP contribution in [-0.4, -0.2) is 50.2 Å². The molecule has 0 spiro atoms. The molecule has 1 aromatic carbocycles. The molecule has 1 amide bonds. The second kappa shape index (κ2) is 7.00. The number of pyridine rings is 2. The van der Waals surface area contributed by atoms with Crippen LogP contribution in [0.25, 0.3) is 27.8 Å². The summed E-state index contributed by atoms with van der Waals surface area (Å²) in [6, 6.07) is 16.3. The number of benzene rings is 1. The molecule has 0 saturated carbocycles. The quantitative estimate of drug-likeness (QED) is 0.510. The smallest absolute Gasteiger partial charge is 0.232 e. The van der Waals surface area contributed by atoms with Crippen LogP contribution in [0.1, 0.15) is 5.69 Å². The minimum Gasteiger partial charge on any atom is -0.348 e. The maximum Gasteiger partial charge on any atom is 0.232 e. The van der Waals surface area contributed by atoms with Crippen LogP contribution in [-0.2, 0) is 4.79 Å². The van der Waals surface area contributed by atoms with Gasteiger partial charge in [0, 0.05) is 25.2 Å². The average Bonchev–Trinajstić information content (AvgIpc) is 3.09. The molecule has 4 rings (SSSR count). The highest BCUT2D eigenvalue weighted by Gasteiger charge is 2.15. The lowest BCUT2D eigenvalue weighted by molar-refractivity contribution is -0.125. The highest BCUT2D eigenvalue weighted by Crippen LogP contribution is 2.30. The Bertz CT molecular complexity index is 1140. The highest BCUT2D eigenvalue weighted by atomic mass is 32.2. The molecule has 136 valence electrons. The van der Waals surface area contributed by atoms with Crippen molar-refractivity contribution in [1.82, 2.24) is 24.5 Å². The van der Waals surface area contributed by atoms with E-state index in [9.17, 15) is 4.79 Å². The lowest BCUT2D eigenvalue weighted by Crippen LogP contribution is -2.23. The van der Waals surface area contributed by atoms with E-state index in [1.807, 2.05) is 41.7 Å². The van der Waals surface area contributed by atoms with Gasteiger partial charge in [0.1, 0.15) is 5.65 Å². The van der Waals surface area contributed by atoms with Gasteiger partial charge in [0.2, 0.25) is 5.91 Å². The monoisotopic (exact) mass is 377 g/mol. The molecule has 0 aliphatic heterocycles. The number of thioether (sulfide) groups is 1. The van der Waals surface area contributed by atoms with E-state index in [1.165, 1.54) is 11.8 Å². The van der Waals surface area contributed by atoms with Gasteiger partial charge in [-0.3, -0.25) is 9.20 Å². The Hall–Kier alpha value is -2.93. The number of aryl methyl sites for hydroxylation is 1. The van der Waals surface area contributed by atoms with E-state index in [1.54, 1.807) is 19.0 Å². The van der Waals surface area contributed by atoms with Gasteiger partial charge in [0.15, 0.2) is 10.8 Å². The van der Waals surface area contributed by atoms with Gasteiger partial charge in [-0.2, -0.15) is 0 Å². The summed E-state index contributed by atoms with van der Waals surface area (Å²) in [7, 11) is 3.49. The lowest BCUT2D eigenvalue weighted by Gasteiger charge is -2.11. The molecule has 6 nitrogen and oxygen atoms in total. The van der Waals surface area contributed by atoms with E-state index in [-0.39, 0.29) is 5.91 Å². The first-order valence-electron chi connectivity index (χ1n) is 8.58. The molecule has 0 saturated heterocycles. The topological polar surface area (TPSA) is 63.4 Å². The predicted molar refractivity (Wildman–Crippen MR) is 108 cm³/mol. The summed E-state index contributed by atoms with van der Waals surface area (Å²) in [6.07, 6.45) is 0. The molecule has 0 aliphatic carbocycles. The molecule has 0 N–H and O–H groups in total. The zero-order chi connectivity index (χ0) is 19.0. The fourth-order valence-electron chi connectivity index (χ4n) is 2.95. The normalized spacial score (nSPS) is 11.2. The van der Waals surface area contributed by atoms with Crippen LogP contribution in [0.5, 0.6) is 0 Å².